The molecule has 0 aliphatic carbocycles. The van der Waals surface area contributed by atoms with E-state index >= 15 is 0 Å². The lowest BCUT2D eigenvalue weighted by Crippen LogP contribution is -2.23. The molecule has 1 fully saturated rings. The summed E-state index contributed by atoms with van der Waals surface area (Å²) in [6, 6.07) is 11.2. The van der Waals surface area contributed by atoms with Crippen molar-refractivity contribution in [3.63, 3.8) is 0 Å². The summed E-state index contributed by atoms with van der Waals surface area (Å²) >= 11 is 0. The second kappa shape index (κ2) is 8.29. The first kappa shape index (κ1) is 17.7. The molecule has 1 saturated heterocycles. The molecule has 2 aromatic rings. The van der Waals surface area contributed by atoms with E-state index in [-0.39, 0.29) is 11.8 Å². The summed E-state index contributed by atoms with van der Waals surface area (Å²) in [6.45, 7) is 1.17. The Hall–Kier alpha value is -3.15. The van der Waals surface area contributed by atoms with E-state index < -0.39 is 0 Å². The summed E-state index contributed by atoms with van der Waals surface area (Å²) in [6.07, 6.45) is 6.43. The maximum Gasteiger partial charge on any atom is 0.244 e. The highest BCUT2D eigenvalue weighted by Gasteiger charge is 2.21. The molecule has 0 spiro atoms. The van der Waals surface area contributed by atoms with Gasteiger partial charge in [0, 0.05) is 43.5 Å². The van der Waals surface area contributed by atoms with Gasteiger partial charge in [-0.1, -0.05) is 18.2 Å². The number of aromatic nitrogens is 1. The zero-order valence-electron chi connectivity index (χ0n) is 14.6. The number of methoxy groups -OCH3 is 1. The number of ether oxygens (including phenoxy) is 1. The molecule has 0 atom stereocenters. The fourth-order valence-corrected chi connectivity index (χ4v) is 2.74. The third-order valence-corrected chi connectivity index (χ3v) is 4.18. The standard InChI is InChI=1S/C20H21N3O3/c1-26-19-11-7-16(14-22-19)13-21-18(24)10-6-15-4-8-17(9-5-15)23-12-2-3-20(23)25/h4-11,14H,2-3,12-13H2,1H3,(H,21,24). The van der Waals surface area contributed by atoms with Crippen LogP contribution in [0.2, 0.25) is 0 Å². The van der Waals surface area contributed by atoms with Crippen LogP contribution in [-0.4, -0.2) is 30.5 Å². The lowest BCUT2D eigenvalue weighted by atomic mass is 10.2. The maximum absolute atomic E-state index is 11.9. The molecule has 6 nitrogen and oxygen atoms in total. The van der Waals surface area contributed by atoms with Crippen molar-refractivity contribution in [1.29, 1.82) is 0 Å². The van der Waals surface area contributed by atoms with E-state index in [1.807, 2.05) is 30.3 Å². The van der Waals surface area contributed by atoms with Gasteiger partial charge in [-0.15, -0.1) is 0 Å². The molecule has 3 rings (SSSR count). The Morgan fingerprint density at radius 2 is 2.08 bits per heavy atom. The van der Waals surface area contributed by atoms with Crippen LogP contribution < -0.4 is 15.0 Å². The van der Waals surface area contributed by atoms with E-state index in [1.54, 1.807) is 30.3 Å². The first-order valence-electron chi connectivity index (χ1n) is 8.51. The predicted molar refractivity (Wildman–Crippen MR) is 99.7 cm³/mol. The Kier molecular flexibility index (Phi) is 5.63. The third kappa shape index (κ3) is 4.47. The largest absolute Gasteiger partial charge is 0.481 e. The lowest BCUT2D eigenvalue weighted by Gasteiger charge is -2.15. The van der Waals surface area contributed by atoms with Gasteiger partial charge in [-0.05, 0) is 35.8 Å². The van der Waals surface area contributed by atoms with Crippen molar-refractivity contribution < 1.29 is 14.3 Å². The number of carbonyl (C=O) groups excluding carboxylic acids is 2. The summed E-state index contributed by atoms with van der Waals surface area (Å²) in [7, 11) is 1.56. The number of pyridine rings is 1. The number of amides is 2. The second-order valence-electron chi connectivity index (χ2n) is 6.00. The number of benzene rings is 1. The van der Waals surface area contributed by atoms with Crippen molar-refractivity contribution in [2.45, 2.75) is 19.4 Å². The number of hydrogen-bond donors (Lipinski definition) is 1. The molecule has 2 heterocycles. The summed E-state index contributed by atoms with van der Waals surface area (Å²) in [5.41, 5.74) is 2.70. The smallest absolute Gasteiger partial charge is 0.244 e. The van der Waals surface area contributed by atoms with E-state index in [0.717, 1.165) is 29.8 Å². The van der Waals surface area contributed by atoms with Crippen LogP contribution in [0.5, 0.6) is 5.88 Å². The van der Waals surface area contributed by atoms with Crippen LogP contribution in [0.25, 0.3) is 6.08 Å². The molecule has 134 valence electrons. The number of hydrogen-bond acceptors (Lipinski definition) is 4. The molecule has 1 N–H and O–H groups in total. The van der Waals surface area contributed by atoms with Gasteiger partial charge in [0.05, 0.1) is 7.11 Å². The van der Waals surface area contributed by atoms with Crippen LogP contribution in [0.15, 0.2) is 48.7 Å². The zero-order valence-corrected chi connectivity index (χ0v) is 14.6. The molecule has 0 radical (unpaired) electrons. The highest BCUT2D eigenvalue weighted by Crippen LogP contribution is 2.21. The molecule has 0 bridgehead atoms. The third-order valence-electron chi connectivity index (χ3n) is 4.18. The SMILES string of the molecule is COc1ccc(CNC(=O)C=Cc2ccc(N3CCCC3=O)cc2)cn1. The summed E-state index contributed by atoms with van der Waals surface area (Å²) in [4.78, 5) is 29.6. The quantitative estimate of drug-likeness (QED) is 0.812. The van der Waals surface area contributed by atoms with E-state index in [9.17, 15) is 9.59 Å². The molecule has 6 heteroatoms. The Morgan fingerprint density at radius 1 is 1.27 bits per heavy atom. The van der Waals surface area contributed by atoms with Crippen molar-refractivity contribution in [3.8, 4) is 5.88 Å². The number of rotatable bonds is 6. The normalized spacial score (nSPS) is 14.0. The first-order chi connectivity index (χ1) is 12.7. The van der Waals surface area contributed by atoms with Crippen LogP contribution in [-0.2, 0) is 16.1 Å². The number of nitrogens with one attached hydrogen (secondary N) is 1. The van der Waals surface area contributed by atoms with E-state index in [0.29, 0.717) is 18.8 Å². The van der Waals surface area contributed by atoms with E-state index in [2.05, 4.69) is 10.3 Å². The van der Waals surface area contributed by atoms with Gasteiger partial charge in [0.1, 0.15) is 0 Å². The number of anilines is 1. The summed E-state index contributed by atoms with van der Waals surface area (Å²) in [5.74, 6) is 0.527. The van der Waals surface area contributed by atoms with Gasteiger partial charge in [-0.25, -0.2) is 4.98 Å². The molecule has 26 heavy (non-hydrogen) atoms. The number of nitrogens with zero attached hydrogens (tertiary/aromatic N) is 2. The van der Waals surface area contributed by atoms with Crippen molar-refractivity contribution in [1.82, 2.24) is 10.3 Å². The number of carbonyl (C=O) groups is 2. The van der Waals surface area contributed by atoms with Crippen LogP contribution in [0.1, 0.15) is 24.0 Å². The van der Waals surface area contributed by atoms with Gasteiger partial charge in [0.25, 0.3) is 0 Å². The highest BCUT2D eigenvalue weighted by molar-refractivity contribution is 5.95. The van der Waals surface area contributed by atoms with E-state index in [1.165, 1.54) is 6.08 Å². The summed E-state index contributed by atoms with van der Waals surface area (Å²) < 4.78 is 5.00. The van der Waals surface area contributed by atoms with Crippen LogP contribution in [0, 0.1) is 0 Å². The molecule has 1 aliphatic rings. The van der Waals surface area contributed by atoms with Crippen LogP contribution in [0.3, 0.4) is 0 Å². The van der Waals surface area contributed by atoms with Gasteiger partial charge in [0.2, 0.25) is 17.7 Å². The minimum atomic E-state index is -0.181. The molecular formula is C20H21N3O3. The van der Waals surface area contributed by atoms with Crippen molar-refractivity contribution in [2.24, 2.45) is 0 Å². The van der Waals surface area contributed by atoms with Gasteiger partial charge in [-0.3, -0.25) is 9.59 Å². The minimum Gasteiger partial charge on any atom is -0.481 e. The predicted octanol–water partition coefficient (Wildman–Crippen LogP) is 2.55. The monoisotopic (exact) mass is 351 g/mol. The molecule has 1 aromatic carbocycles. The Bertz CT molecular complexity index is 798. The molecule has 1 aliphatic heterocycles. The lowest BCUT2D eigenvalue weighted by molar-refractivity contribution is -0.117. The van der Waals surface area contributed by atoms with E-state index in [4.69, 9.17) is 4.74 Å². The molecule has 0 saturated carbocycles. The van der Waals surface area contributed by atoms with Crippen LogP contribution in [0.4, 0.5) is 5.69 Å². The average molecular weight is 351 g/mol. The summed E-state index contributed by atoms with van der Waals surface area (Å²) in [5, 5.41) is 2.81. The molecule has 1 aromatic heterocycles. The average Bonchev–Trinajstić information content (AvgIpc) is 3.11. The van der Waals surface area contributed by atoms with Crippen molar-refractivity contribution in [3.05, 3.63) is 59.8 Å². The van der Waals surface area contributed by atoms with Gasteiger partial charge < -0.3 is 15.0 Å². The van der Waals surface area contributed by atoms with Crippen LogP contribution >= 0.6 is 0 Å². The van der Waals surface area contributed by atoms with Crippen molar-refractivity contribution >= 4 is 23.6 Å². The zero-order chi connectivity index (χ0) is 18.4. The maximum atomic E-state index is 11.9. The first-order valence-corrected chi connectivity index (χ1v) is 8.51. The Labute approximate surface area is 152 Å². The topological polar surface area (TPSA) is 71.5 Å². The van der Waals surface area contributed by atoms with Gasteiger partial charge in [0.15, 0.2) is 0 Å². The Morgan fingerprint density at radius 3 is 2.69 bits per heavy atom. The second-order valence-corrected chi connectivity index (χ2v) is 6.00. The fourth-order valence-electron chi connectivity index (χ4n) is 2.74. The van der Waals surface area contributed by atoms with Gasteiger partial charge in [-0.2, -0.15) is 0 Å². The minimum absolute atomic E-state index is 0.167. The molecule has 2 amide bonds. The highest BCUT2D eigenvalue weighted by atomic mass is 16.5. The molecular weight excluding hydrogens is 330 g/mol. The van der Waals surface area contributed by atoms with Gasteiger partial charge >= 0.3 is 0 Å². The fraction of sp³-hybridized carbons (Fsp3) is 0.250. The van der Waals surface area contributed by atoms with Crippen molar-refractivity contribution in [2.75, 3.05) is 18.6 Å². The molecule has 0 unspecified atom stereocenters. The Balaban J connectivity index is 1.51.